The molecule has 0 aromatic heterocycles. The molecule has 0 aliphatic rings. The Kier molecular flexibility index (Phi) is 4.35. The third-order valence-corrected chi connectivity index (χ3v) is 2.90. The smallest absolute Gasteiger partial charge is 0.339 e. The first kappa shape index (κ1) is 13.6. The maximum absolute atomic E-state index is 11.6. The Balaban J connectivity index is 2.10. The van der Waals surface area contributed by atoms with Crippen molar-refractivity contribution < 1.29 is 9.53 Å². The summed E-state index contributed by atoms with van der Waals surface area (Å²) in [7, 11) is 1.36. The highest BCUT2D eigenvalue weighted by Crippen LogP contribution is 2.17. The van der Waals surface area contributed by atoms with Gasteiger partial charge in [-0.1, -0.05) is 24.3 Å². The summed E-state index contributed by atoms with van der Waals surface area (Å²) in [5.74, 6) is -0.368. The summed E-state index contributed by atoms with van der Waals surface area (Å²) in [5.41, 5.74) is 2.89. The van der Waals surface area contributed by atoms with Crippen LogP contribution in [-0.4, -0.2) is 13.1 Å². The molecule has 0 atom stereocenters. The average Bonchev–Trinajstić information content (AvgIpc) is 2.53. The van der Waals surface area contributed by atoms with E-state index in [4.69, 9.17) is 10.00 Å². The van der Waals surface area contributed by atoms with Crippen LogP contribution in [0.4, 0.5) is 5.69 Å². The van der Waals surface area contributed by atoms with Crippen LogP contribution in [0.25, 0.3) is 0 Å². The van der Waals surface area contributed by atoms with E-state index in [9.17, 15) is 4.79 Å². The molecule has 1 N–H and O–H groups in total. The van der Waals surface area contributed by atoms with Gasteiger partial charge >= 0.3 is 5.97 Å². The number of benzene rings is 2. The molecule has 0 heterocycles. The quantitative estimate of drug-likeness (QED) is 0.864. The molecule has 0 amide bonds. The van der Waals surface area contributed by atoms with Gasteiger partial charge in [0, 0.05) is 12.2 Å². The largest absolute Gasteiger partial charge is 0.465 e. The predicted molar refractivity (Wildman–Crippen MR) is 76.3 cm³/mol. The Morgan fingerprint density at radius 2 is 1.90 bits per heavy atom. The lowest BCUT2D eigenvalue weighted by Crippen LogP contribution is -2.08. The SMILES string of the molecule is COC(=O)c1ccccc1NCc1ccc(C#N)cc1. The molecule has 0 aliphatic heterocycles. The van der Waals surface area contributed by atoms with Gasteiger partial charge in [0.05, 0.1) is 24.3 Å². The second-order valence-electron chi connectivity index (χ2n) is 4.20. The highest BCUT2D eigenvalue weighted by Gasteiger charge is 2.10. The number of rotatable bonds is 4. The van der Waals surface area contributed by atoms with Crippen molar-refractivity contribution in [1.82, 2.24) is 0 Å². The molecule has 0 saturated heterocycles. The zero-order valence-electron chi connectivity index (χ0n) is 11.1. The van der Waals surface area contributed by atoms with E-state index in [2.05, 4.69) is 11.4 Å². The summed E-state index contributed by atoms with van der Waals surface area (Å²) in [6, 6.07) is 16.6. The fourth-order valence-corrected chi connectivity index (χ4v) is 1.82. The summed E-state index contributed by atoms with van der Waals surface area (Å²) in [6.07, 6.45) is 0. The van der Waals surface area contributed by atoms with Gasteiger partial charge in [-0.15, -0.1) is 0 Å². The molecule has 2 aromatic carbocycles. The fraction of sp³-hybridized carbons (Fsp3) is 0.125. The number of anilines is 1. The number of para-hydroxylation sites is 1. The highest BCUT2D eigenvalue weighted by atomic mass is 16.5. The second kappa shape index (κ2) is 6.39. The molecule has 0 unspecified atom stereocenters. The lowest BCUT2D eigenvalue weighted by Gasteiger charge is -2.10. The Hall–Kier alpha value is -2.80. The van der Waals surface area contributed by atoms with Gasteiger partial charge in [0.25, 0.3) is 0 Å². The summed E-state index contributed by atoms with van der Waals surface area (Å²) in [6.45, 7) is 0.569. The van der Waals surface area contributed by atoms with Crippen molar-refractivity contribution in [3.63, 3.8) is 0 Å². The second-order valence-corrected chi connectivity index (χ2v) is 4.20. The van der Waals surface area contributed by atoms with Crippen LogP contribution in [0, 0.1) is 11.3 Å². The third kappa shape index (κ3) is 3.15. The van der Waals surface area contributed by atoms with E-state index in [0.717, 1.165) is 11.3 Å². The zero-order chi connectivity index (χ0) is 14.4. The van der Waals surface area contributed by atoms with Gasteiger partial charge in [0.2, 0.25) is 0 Å². The van der Waals surface area contributed by atoms with E-state index in [1.807, 2.05) is 24.3 Å². The maximum atomic E-state index is 11.6. The van der Waals surface area contributed by atoms with Gasteiger partial charge in [-0.3, -0.25) is 0 Å². The fourth-order valence-electron chi connectivity index (χ4n) is 1.82. The number of esters is 1. The highest BCUT2D eigenvalue weighted by molar-refractivity contribution is 5.95. The van der Waals surface area contributed by atoms with Crippen molar-refractivity contribution in [2.24, 2.45) is 0 Å². The minimum absolute atomic E-state index is 0.368. The first-order valence-electron chi connectivity index (χ1n) is 6.15. The molecule has 20 heavy (non-hydrogen) atoms. The molecule has 0 bridgehead atoms. The number of ether oxygens (including phenoxy) is 1. The molecule has 0 radical (unpaired) electrons. The molecule has 4 heteroatoms. The molecule has 0 aliphatic carbocycles. The van der Waals surface area contributed by atoms with E-state index in [-0.39, 0.29) is 5.97 Å². The van der Waals surface area contributed by atoms with Crippen molar-refractivity contribution >= 4 is 11.7 Å². The number of hydrogen-bond donors (Lipinski definition) is 1. The van der Waals surface area contributed by atoms with Crippen molar-refractivity contribution in [3.05, 3.63) is 65.2 Å². The van der Waals surface area contributed by atoms with Gasteiger partial charge in [-0.05, 0) is 29.8 Å². The van der Waals surface area contributed by atoms with E-state index in [1.54, 1.807) is 24.3 Å². The molecule has 2 rings (SSSR count). The minimum atomic E-state index is -0.368. The van der Waals surface area contributed by atoms with Crippen LogP contribution in [0.2, 0.25) is 0 Å². The van der Waals surface area contributed by atoms with Crippen LogP contribution in [0.1, 0.15) is 21.5 Å². The monoisotopic (exact) mass is 266 g/mol. The number of nitrogens with one attached hydrogen (secondary N) is 1. The summed E-state index contributed by atoms with van der Waals surface area (Å²) >= 11 is 0. The van der Waals surface area contributed by atoms with Crippen LogP contribution in [0.5, 0.6) is 0 Å². The normalized spacial score (nSPS) is 9.60. The first-order valence-corrected chi connectivity index (χ1v) is 6.15. The number of hydrogen-bond acceptors (Lipinski definition) is 4. The van der Waals surface area contributed by atoms with Gasteiger partial charge in [0.15, 0.2) is 0 Å². The minimum Gasteiger partial charge on any atom is -0.465 e. The van der Waals surface area contributed by atoms with Gasteiger partial charge < -0.3 is 10.1 Å². The molecular weight excluding hydrogens is 252 g/mol. The maximum Gasteiger partial charge on any atom is 0.339 e. The van der Waals surface area contributed by atoms with Crippen LogP contribution in [0.3, 0.4) is 0 Å². The van der Waals surface area contributed by atoms with Crippen molar-refractivity contribution in [2.75, 3.05) is 12.4 Å². The lowest BCUT2D eigenvalue weighted by atomic mass is 10.1. The average molecular weight is 266 g/mol. The summed E-state index contributed by atoms with van der Waals surface area (Å²) in [4.78, 5) is 11.6. The first-order chi connectivity index (χ1) is 9.74. The van der Waals surface area contributed by atoms with E-state index in [0.29, 0.717) is 17.7 Å². The van der Waals surface area contributed by atoms with E-state index < -0.39 is 0 Å². The van der Waals surface area contributed by atoms with Crippen LogP contribution in [0.15, 0.2) is 48.5 Å². The standard InChI is InChI=1S/C16H14N2O2/c1-20-16(19)14-4-2-3-5-15(14)18-11-13-8-6-12(10-17)7-9-13/h2-9,18H,11H2,1H3. The molecule has 0 saturated carbocycles. The molecule has 100 valence electrons. The van der Waals surface area contributed by atoms with Crippen molar-refractivity contribution in [1.29, 1.82) is 5.26 Å². The van der Waals surface area contributed by atoms with Gasteiger partial charge in [-0.25, -0.2) is 4.79 Å². The Morgan fingerprint density at radius 3 is 2.55 bits per heavy atom. The molecule has 0 fully saturated rings. The number of carbonyl (C=O) groups is 1. The Morgan fingerprint density at radius 1 is 1.20 bits per heavy atom. The molecule has 2 aromatic rings. The van der Waals surface area contributed by atoms with Crippen LogP contribution >= 0.6 is 0 Å². The van der Waals surface area contributed by atoms with Crippen LogP contribution < -0.4 is 5.32 Å². The third-order valence-electron chi connectivity index (χ3n) is 2.90. The summed E-state index contributed by atoms with van der Waals surface area (Å²) in [5, 5.41) is 11.9. The van der Waals surface area contributed by atoms with Crippen LogP contribution in [-0.2, 0) is 11.3 Å². The molecule has 4 nitrogen and oxygen atoms in total. The molecular formula is C16H14N2O2. The zero-order valence-corrected chi connectivity index (χ0v) is 11.1. The van der Waals surface area contributed by atoms with Gasteiger partial charge in [0.1, 0.15) is 0 Å². The number of methoxy groups -OCH3 is 1. The lowest BCUT2D eigenvalue weighted by molar-refractivity contribution is 0.0602. The molecule has 0 spiro atoms. The number of nitrogens with zero attached hydrogens (tertiary/aromatic N) is 1. The van der Waals surface area contributed by atoms with Crippen molar-refractivity contribution in [3.8, 4) is 6.07 Å². The number of carbonyl (C=O) groups excluding carboxylic acids is 1. The topological polar surface area (TPSA) is 62.1 Å². The summed E-state index contributed by atoms with van der Waals surface area (Å²) < 4.78 is 4.74. The Labute approximate surface area is 117 Å². The van der Waals surface area contributed by atoms with E-state index in [1.165, 1.54) is 7.11 Å². The van der Waals surface area contributed by atoms with Crippen molar-refractivity contribution in [2.45, 2.75) is 6.54 Å². The Bertz CT molecular complexity index is 642. The number of nitriles is 1. The predicted octanol–water partition coefficient (Wildman–Crippen LogP) is 2.96. The van der Waals surface area contributed by atoms with Gasteiger partial charge in [-0.2, -0.15) is 5.26 Å². The van der Waals surface area contributed by atoms with E-state index >= 15 is 0 Å².